The quantitative estimate of drug-likeness (QED) is 0.677. The van der Waals surface area contributed by atoms with E-state index in [0.29, 0.717) is 32.1 Å². The summed E-state index contributed by atoms with van der Waals surface area (Å²) >= 11 is 0. The molecule has 3 nitrogen and oxygen atoms in total. The largest absolute Gasteiger partial charge is 0.369 e. The molecule has 26 heavy (non-hydrogen) atoms. The summed E-state index contributed by atoms with van der Waals surface area (Å²) < 4.78 is 97.6. The summed E-state index contributed by atoms with van der Waals surface area (Å²) in [7, 11) is 0. The molecule has 0 aromatic rings. The first-order chi connectivity index (χ1) is 11.9. The van der Waals surface area contributed by atoms with Crippen molar-refractivity contribution in [3.8, 4) is 0 Å². The van der Waals surface area contributed by atoms with Crippen LogP contribution in [0.4, 0.5) is 26.3 Å². The lowest BCUT2D eigenvalue weighted by atomic mass is 9.51. The van der Waals surface area contributed by atoms with Crippen molar-refractivity contribution in [2.24, 2.45) is 17.8 Å². The Labute approximate surface area is 147 Å². The van der Waals surface area contributed by atoms with Crippen LogP contribution in [0.2, 0.25) is 0 Å². The first-order valence-corrected chi connectivity index (χ1v) is 8.92. The Morgan fingerprint density at radius 2 is 1.42 bits per heavy atom. The van der Waals surface area contributed by atoms with Gasteiger partial charge in [-0.1, -0.05) is 0 Å². The minimum atomic E-state index is -4.30. The fraction of sp³-hybridized carbons (Fsp3) is 1.00. The number of ether oxygens (including phenoxy) is 3. The second kappa shape index (κ2) is 5.50. The SMILES string of the molecule is CC(F)(F)COC12CC3CC(C1)C1(OCC(F)(F)C(F)(F)CO1)C(C3)C2. The van der Waals surface area contributed by atoms with E-state index in [2.05, 4.69) is 0 Å². The summed E-state index contributed by atoms with van der Waals surface area (Å²) in [6.07, 6.45) is 2.39. The van der Waals surface area contributed by atoms with Gasteiger partial charge in [-0.3, -0.25) is 0 Å². The Kier molecular flexibility index (Phi) is 3.98. The van der Waals surface area contributed by atoms with Crippen molar-refractivity contribution in [3.63, 3.8) is 0 Å². The Balaban J connectivity index is 1.57. The second-order valence-electron chi connectivity index (χ2n) is 8.59. The highest BCUT2D eigenvalue weighted by Gasteiger charge is 2.69. The van der Waals surface area contributed by atoms with Gasteiger partial charge in [-0.05, 0) is 38.0 Å². The van der Waals surface area contributed by atoms with Crippen LogP contribution in [0.1, 0.15) is 39.0 Å². The molecule has 4 saturated carbocycles. The maximum atomic E-state index is 13.7. The summed E-state index contributed by atoms with van der Waals surface area (Å²) in [5.41, 5.74) is -0.773. The predicted octanol–water partition coefficient (Wildman–Crippen LogP) is 4.25. The van der Waals surface area contributed by atoms with Gasteiger partial charge in [0.1, 0.15) is 19.8 Å². The molecule has 4 bridgehead atoms. The van der Waals surface area contributed by atoms with Crippen LogP contribution in [0.15, 0.2) is 0 Å². The molecule has 2 atom stereocenters. The second-order valence-corrected chi connectivity index (χ2v) is 8.59. The molecule has 1 heterocycles. The highest BCUT2D eigenvalue weighted by molar-refractivity contribution is 5.12. The van der Waals surface area contributed by atoms with Gasteiger partial charge in [0.05, 0.1) is 5.60 Å². The van der Waals surface area contributed by atoms with Crippen LogP contribution in [0.25, 0.3) is 0 Å². The molecule has 150 valence electrons. The van der Waals surface area contributed by atoms with Gasteiger partial charge in [0, 0.05) is 18.8 Å². The Morgan fingerprint density at radius 1 is 0.923 bits per heavy atom. The number of hydrogen-bond acceptors (Lipinski definition) is 3. The van der Waals surface area contributed by atoms with Crippen LogP contribution in [0, 0.1) is 17.8 Å². The van der Waals surface area contributed by atoms with Gasteiger partial charge < -0.3 is 14.2 Å². The molecule has 0 aromatic carbocycles. The molecule has 4 aliphatic carbocycles. The van der Waals surface area contributed by atoms with Crippen LogP contribution < -0.4 is 0 Å². The van der Waals surface area contributed by atoms with Crippen molar-refractivity contribution in [1.82, 2.24) is 0 Å². The van der Waals surface area contributed by atoms with Gasteiger partial charge in [-0.2, -0.15) is 17.6 Å². The van der Waals surface area contributed by atoms with Crippen LogP contribution in [-0.4, -0.2) is 49.0 Å². The van der Waals surface area contributed by atoms with Crippen molar-refractivity contribution in [1.29, 1.82) is 0 Å². The van der Waals surface area contributed by atoms with E-state index in [1.54, 1.807) is 0 Å². The summed E-state index contributed by atoms with van der Waals surface area (Å²) in [5, 5.41) is 0. The lowest BCUT2D eigenvalue weighted by Gasteiger charge is -2.63. The average molecular weight is 388 g/mol. The minimum absolute atomic E-state index is 0.181. The van der Waals surface area contributed by atoms with E-state index in [9.17, 15) is 26.3 Å². The Bertz CT molecular complexity index is 539. The molecule has 5 fully saturated rings. The summed E-state index contributed by atoms with van der Waals surface area (Å²) in [6.45, 7) is -2.75. The van der Waals surface area contributed by atoms with Gasteiger partial charge in [0.2, 0.25) is 0 Å². The third-order valence-electron chi connectivity index (χ3n) is 6.40. The van der Waals surface area contributed by atoms with Crippen LogP contribution in [-0.2, 0) is 14.2 Å². The van der Waals surface area contributed by atoms with Crippen molar-refractivity contribution < 1.29 is 40.6 Å². The average Bonchev–Trinajstić information content (AvgIpc) is 2.59. The molecule has 5 aliphatic rings. The molecule has 0 N–H and O–H groups in total. The first-order valence-electron chi connectivity index (χ1n) is 8.92. The molecule has 0 aromatic heterocycles. The normalized spacial score (nSPS) is 42.8. The predicted molar refractivity (Wildman–Crippen MR) is 77.4 cm³/mol. The number of hydrogen-bond donors (Lipinski definition) is 0. The fourth-order valence-electron chi connectivity index (χ4n) is 5.44. The van der Waals surface area contributed by atoms with Crippen molar-refractivity contribution >= 4 is 0 Å². The molecule has 9 heteroatoms. The lowest BCUT2D eigenvalue weighted by molar-refractivity contribution is -0.360. The van der Waals surface area contributed by atoms with Crippen LogP contribution in [0.3, 0.4) is 0 Å². The fourth-order valence-corrected chi connectivity index (χ4v) is 5.44. The van der Waals surface area contributed by atoms with E-state index in [-0.39, 0.29) is 5.92 Å². The van der Waals surface area contributed by atoms with Gasteiger partial charge in [0.15, 0.2) is 5.79 Å². The maximum absolute atomic E-state index is 13.7. The minimum Gasteiger partial charge on any atom is -0.369 e. The molecule has 1 saturated heterocycles. The molecule has 1 spiro atoms. The molecular weight excluding hydrogens is 366 g/mol. The third kappa shape index (κ3) is 2.85. The summed E-state index contributed by atoms with van der Waals surface area (Å²) in [6, 6.07) is 0. The van der Waals surface area contributed by atoms with Crippen LogP contribution >= 0.6 is 0 Å². The first kappa shape index (κ1) is 18.8. The zero-order valence-electron chi connectivity index (χ0n) is 14.4. The topological polar surface area (TPSA) is 27.7 Å². The lowest BCUT2D eigenvalue weighted by Crippen LogP contribution is -2.66. The molecular formula is C17H22F6O3. The van der Waals surface area contributed by atoms with Gasteiger partial charge in [-0.15, -0.1) is 0 Å². The van der Waals surface area contributed by atoms with Gasteiger partial charge in [0.25, 0.3) is 5.92 Å². The third-order valence-corrected chi connectivity index (χ3v) is 6.40. The molecule has 1 aliphatic heterocycles. The Hall–Kier alpha value is -0.540. The van der Waals surface area contributed by atoms with Crippen molar-refractivity contribution in [2.45, 2.75) is 68.2 Å². The van der Waals surface area contributed by atoms with E-state index in [1.165, 1.54) is 0 Å². The number of alkyl halides is 6. The van der Waals surface area contributed by atoms with Gasteiger partial charge >= 0.3 is 11.8 Å². The standard InChI is InChI=1S/C17H22F6O3/c1-13(18,19)7-24-14-4-10-2-11(5-14)17(12(3-10)6-14)25-8-15(20,21)16(22,23)9-26-17/h10-12H,2-9H2,1H3. The van der Waals surface area contributed by atoms with Crippen molar-refractivity contribution in [3.05, 3.63) is 0 Å². The van der Waals surface area contributed by atoms with E-state index < -0.39 is 60.8 Å². The molecule has 0 radical (unpaired) electrons. The smallest absolute Gasteiger partial charge is 0.335 e. The number of rotatable bonds is 3. The monoisotopic (exact) mass is 388 g/mol. The van der Waals surface area contributed by atoms with E-state index in [4.69, 9.17) is 14.2 Å². The van der Waals surface area contributed by atoms with Crippen LogP contribution in [0.5, 0.6) is 0 Å². The Morgan fingerprint density at radius 3 is 1.88 bits per heavy atom. The molecule has 0 amide bonds. The summed E-state index contributed by atoms with van der Waals surface area (Å²) in [5.74, 6) is -13.7. The zero-order chi connectivity index (χ0) is 19.0. The van der Waals surface area contributed by atoms with E-state index in [0.717, 1.165) is 6.92 Å². The summed E-state index contributed by atoms with van der Waals surface area (Å²) in [4.78, 5) is 0. The van der Waals surface area contributed by atoms with E-state index >= 15 is 0 Å². The maximum Gasteiger partial charge on any atom is 0.335 e. The highest BCUT2D eigenvalue weighted by atomic mass is 19.3. The molecule has 5 rings (SSSR count). The zero-order valence-corrected chi connectivity index (χ0v) is 14.4. The van der Waals surface area contributed by atoms with Gasteiger partial charge in [-0.25, -0.2) is 8.78 Å². The van der Waals surface area contributed by atoms with E-state index in [1.807, 2.05) is 0 Å². The molecule has 2 unspecified atom stereocenters. The number of halogens is 6. The van der Waals surface area contributed by atoms with Crippen molar-refractivity contribution in [2.75, 3.05) is 19.8 Å². The highest BCUT2D eigenvalue weighted by Crippen LogP contribution is 2.63.